The lowest BCUT2D eigenvalue weighted by molar-refractivity contribution is 0.445. The number of aromatic nitrogens is 1. The van der Waals surface area contributed by atoms with Crippen LogP contribution in [0.3, 0.4) is 0 Å². The monoisotopic (exact) mass is 346 g/mol. The molecule has 2 aromatic rings. The first kappa shape index (κ1) is 16.5. The Morgan fingerprint density at radius 3 is 2.91 bits per heavy atom. The molecular formula is C19H23ClN2S. The Kier molecular flexibility index (Phi) is 5.08. The number of hydrogen-bond acceptors (Lipinski definition) is 2. The van der Waals surface area contributed by atoms with Crippen molar-refractivity contribution in [3.8, 4) is 5.69 Å². The molecular weight excluding hydrogens is 324 g/mol. The van der Waals surface area contributed by atoms with Gasteiger partial charge in [0.15, 0.2) is 4.80 Å². The van der Waals surface area contributed by atoms with E-state index in [1.165, 1.54) is 6.42 Å². The predicted octanol–water partition coefficient (Wildman–Crippen LogP) is 5.47. The molecule has 0 spiro atoms. The van der Waals surface area contributed by atoms with Crippen LogP contribution in [0.15, 0.2) is 52.5 Å². The highest BCUT2D eigenvalue weighted by molar-refractivity contribution is 7.07. The van der Waals surface area contributed by atoms with Crippen LogP contribution in [0.5, 0.6) is 0 Å². The van der Waals surface area contributed by atoms with Crippen LogP contribution in [-0.2, 0) is 0 Å². The number of hydrogen-bond donors (Lipinski definition) is 0. The quantitative estimate of drug-likeness (QED) is 0.655. The van der Waals surface area contributed by atoms with Crippen molar-refractivity contribution in [3.05, 3.63) is 57.3 Å². The van der Waals surface area contributed by atoms with Gasteiger partial charge in [0.05, 0.1) is 6.04 Å². The molecule has 2 unspecified atom stereocenters. The van der Waals surface area contributed by atoms with Gasteiger partial charge in [-0.15, -0.1) is 11.3 Å². The molecule has 0 N–H and O–H groups in total. The van der Waals surface area contributed by atoms with Gasteiger partial charge in [-0.1, -0.05) is 50.1 Å². The number of benzene rings is 1. The van der Waals surface area contributed by atoms with E-state index < -0.39 is 0 Å². The largest absolute Gasteiger partial charge is 0.293 e. The molecule has 1 aromatic carbocycles. The highest BCUT2D eigenvalue weighted by Crippen LogP contribution is 2.29. The number of nitrogens with zero attached hydrogens (tertiary/aromatic N) is 2. The second-order valence-corrected chi connectivity index (χ2v) is 7.98. The van der Waals surface area contributed by atoms with Gasteiger partial charge in [0.25, 0.3) is 0 Å². The van der Waals surface area contributed by atoms with E-state index in [1.54, 1.807) is 16.9 Å². The van der Waals surface area contributed by atoms with E-state index in [0.29, 0.717) is 11.8 Å². The molecule has 1 heterocycles. The van der Waals surface area contributed by atoms with E-state index in [-0.39, 0.29) is 6.04 Å². The predicted molar refractivity (Wildman–Crippen MR) is 99.3 cm³/mol. The topological polar surface area (TPSA) is 17.3 Å². The summed E-state index contributed by atoms with van der Waals surface area (Å²) in [5.74, 6) is 1.31. The van der Waals surface area contributed by atoms with Crippen LogP contribution in [0.1, 0.15) is 33.6 Å². The molecule has 1 aliphatic rings. The Labute approximate surface area is 147 Å². The Hall–Kier alpha value is -1.32. The summed E-state index contributed by atoms with van der Waals surface area (Å²) in [7, 11) is 0. The minimum Gasteiger partial charge on any atom is -0.293 e. The van der Waals surface area contributed by atoms with Gasteiger partial charge in [0.1, 0.15) is 0 Å². The number of rotatable bonds is 3. The molecule has 23 heavy (non-hydrogen) atoms. The third-order valence-corrected chi connectivity index (χ3v) is 5.33. The van der Waals surface area contributed by atoms with E-state index in [2.05, 4.69) is 49.1 Å². The summed E-state index contributed by atoms with van der Waals surface area (Å²) in [6.45, 7) is 6.88. The van der Waals surface area contributed by atoms with Crippen LogP contribution in [0.2, 0.25) is 5.02 Å². The zero-order valence-electron chi connectivity index (χ0n) is 13.9. The molecule has 0 saturated heterocycles. The summed E-state index contributed by atoms with van der Waals surface area (Å²) in [6, 6.07) is 8.20. The summed E-state index contributed by atoms with van der Waals surface area (Å²) in [5, 5.41) is 2.83. The molecule has 2 atom stereocenters. The lowest BCUT2D eigenvalue weighted by Gasteiger charge is -2.25. The standard InChI is InChI=1S/C19H23ClN2S/c1-13(2)15-9-14(3)10-17(11-15)21-19-22(7-8-23-19)18-6-4-5-16(20)12-18/h4-8,11-14,17H,9-10H2,1-3H3. The molecule has 0 radical (unpaired) electrons. The SMILES string of the molecule is CC1CC(C(C)C)=CC(N=c2sccn2-c2cccc(Cl)c2)C1. The minimum atomic E-state index is 0.278. The zero-order chi connectivity index (χ0) is 16.4. The van der Waals surface area contributed by atoms with Crippen molar-refractivity contribution in [1.82, 2.24) is 4.57 Å². The maximum absolute atomic E-state index is 6.13. The van der Waals surface area contributed by atoms with Crippen molar-refractivity contribution in [3.63, 3.8) is 0 Å². The fourth-order valence-electron chi connectivity index (χ4n) is 3.13. The normalized spacial score (nSPS) is 22.5. The lowest BCUT2D eigenvalue weighted by Crippen LogP contribution is -2.21. The summed E-state index contributed by atoms with van der Waals surface area (Å²) in [6.07, 6.45) is 6.78. The summed E-state index contributed by atoms with van der Waals surface area (Å²) < 4.78 is 2.12. The van der Waals surface area contributed by atoms with Crippen molar-refractivity contribution < 1.29 is 0 Å². The van der Waals surface area contributed by atoms with Crippen LogP contribution in [0, 0.1) is 11.8 Å². The molecule has 1 aliphatic carbocycles. The third kappa shape index (κ3) is 3.96. The van der Waals surface area contributed by atoms with E-state index in [0.717, 1.165) is 21.9 Å². The Bertz CT molecular complexity index is 769. The third-order valence-electron chi connectivity index (χ3n) is 4.33. The molecule has 122 valence electrons. The first-order valence-electron chi connectivity index (χ1n) is 8.19. The van der Waals surface area contributed by atoms with Crippen molar-refractivity contribution in [2.45, 2.75) is 39.7 Å². The highest BCUT2D eigenvalue weighted by Gasteiger charge is 2.20. The average Bonchev–Trinajstić information content (AvgIpc) is 2.94. The smallest absolute Gasteiger partial charge is 0.189 e. The van der Waals surface area contributed by atoms with Crippen molar-refractivity contribution in [2.75, 3.05) is 0 Å². The first-order valence-corrected chi connectivity index (χ1v) is 9.45. The Morgan fingerprint density at radius 1 is 1.35 bits per heavy atom. The zero-order valence-corrected chi connectivity index (χ0v) is 15.4. The lowest BCUT2D eigenvalue weighted by atomic mass is 9.83. The van der Waals surface area contributed by atoms with Crippen molar-refractivity contribution in [2.24, 2.45) is 16.8 Å². The minimum absolute atomic E-state index is 0.278. The molecule has 2 nitrogen and oxygen atoms in total. The molecule has 0 amide bonds. The maximum Gasteiger partial charge on any atom is 0.189 e. The van der Waals surface area contributed by atoms with Gasteiger partial charge in [0.2, 0.25) is 0 Å². The van der Waals surface area contributed by atoms with Gasteiger partial charge in [-0.2, -0.15) is 0 Å². The van der Waals surface area contributed by atoms with Crippen molar-refractivity contribution in [1.29, 1.82) is 0 Å². The molecule has 4 heteroatoms. The van der Waals surface area contributed by atoms with E-state index in [9.17, 15) is 0 Å². The first-order chi connectivity index (χ1) is 11.0. The van der Waals surface area contributed by atoms with Gasteiger partial charge in [-0.3, -0.25) is 9.56 Å². The van der Waals surface area contributed by atoms with Gasteiger partial charge < -0.3 is 0 Å². The maximum atomic E-state index is 6.13. The van der Waals surface area contributed by atoms with Gasteiger partial charge in [-0.25, -0.2) is 0 Å². The molecule has 1 aromatic heterocycles. The molecule has 0 fully saturated rings. The van der Waals surface area contributed by atoms with E-state index >= 15 is 0 Å². The number of allylic oxidation sites excluding steroid dienone is 1. The van der Waals surface area contributed by atoms with E-state index in [1.807, 2.05) is 18.2 Å². The average molecular weight is 347 g/mol. The van der Waals surface area contributed by atoms with Crippen molar-refractivity contribution >= 4 is 22.9 Å². The summed E-state index contributed by atoms with van der Waals surface area (Å²) in [4.78, 5) is 6.06. The molecule has 0 bridgehead atoms. The molecule has 3 rings (SSSR count). The second kappa shape index (κ2) is 7.06. The fraction of sp³-hybridized carbons (Fsp3) is 0.421. The van der Waals surface area contributed by atoms with Crippen LogP contribution < -0.4 is 4.80 Å². The second-order valence-electron chi connectivity index (χ2n) is 6.67. The van der Waals surface area contributed by atoms with Gasteiger partial charge in [0, 0.05) is 22.3 Å². The van der Waals surface area contributed by atoms with Crippen LogP contribution in [0.25, 0.3) is 5.69 Å². The fourth-order valence-corrected chi connectivity index (χ4v) is 4.09. The van der Waals surface area contributed by atoms with Crippen LogP contribution in [0.4, 0.5) is 0 Å². The Morgan fingerprint density at radius 2 is 2.17 bits per heavy atom. The Balaban J connectivity index is 1.98. The number of thiazole rings is 1. The summed E-state index contributed by atoms with van der Waals surface area (Å²) in [5.41, 5.74) is 2.61. The highest BCUT2D eigenvalue weighted by atomic mass is 35.5. The van der Waals surface area contributed by atoms with Gasteiger partial charge >= 0.3 is 0 Å². The van der Waals surface area contributed by atoms with Crippen LogP contribution >= 0.6 is 22.9 Å². The van der Waals surface area contributed by atoms with Crippen LogP contribution in [-0.4, -0.2) is 10.6 Å². The summed E-state index contributed by atoms with van der Waals surface area (Å²) >= 11 is 7.81. The van der Waals surface area contributed by atoms with E-state index in [4.69, 9.17) is 16.6 Å². The molecule has 0 saturated carbocycles. The molecule has 0 aliphatic heterocycles. The number of halogens is 1. The van der Waals surface area contributed by atoms with Gasteiger partial charge in [-0.05, 0) is 42.9 Å².